The molecule has 0 aliphatic heterocycles. The van der Waals surface area contributed by atoms with E-state index in [4.69, 9.17) is 0 Å². The molecule has 2 aromatic rings. The number of nitrogens with zero attached hydrogens (tertiary/aromatic N) is 3. The van der Waals surface area contributed by atoms with Crippen LogP contribution in [0.4, 0.5) is 8.78 Å². The van der Waals surface area contributed by atoms with E-state index in [-0.39, 0.29) is 6.04 Å². The fraction of sp³-hybridized carbons (Fsp3) is 0.474. The van der Waals surface area contributed by atoms with Crippen molar-refractivity contribution in [2.75, 3.05) is 13.1 Å². The predicted molar refractivity (Wildman–Crippen MR) is 100 cm³/mol. The zero-order valence-electron chi connectivity index (χ0n) is 15.6. The SMILES string of the molecule is CCNC(=NCCCCn1ccnc1C)NC(C)c1ccc(F)c(F)c1. The van der Waals surface area contributed by atoms with E-state index in [0.29, 0.717) is 18.1 Å². The molecule has 142 valence electrons. The molecule has 0 aliphatic rings. The highest BCUT2D eigenvalue weighted by atomic mass is 19.2. The summed E-state index contributed by atoms with van der Waals surface area (Å²) in [5.41, 5.74) is 0.671. The zero-order valence-corrected chi connectivity index (χ0v) is 15.6. The van der Waals surface area contributed by atoms with E-state index in [1.807, 2.05) is 27.0 Å². The second-order valence-electron chi connectivity index (χ2n) is 6.18. The number of rotatable bonds is 8. The third kappa shape index (κ3) is 5.82. The van der Waals surface area contributed by atoms with Crippen LogP contribution in [0.25, 0.3) is 0 Å². The van der Waals surface area contributed by atoms with Crippen LogP contribution in [-0.4, -0.2) is 28.6 Å². The minimum atomic E-state index is -0.840. The number of guanidine groups is 1. The van der Waals surface area contributed by atoms with Crippen molar-refractivity contribution in [1.29, 1.82) is 0 Å². The second kappa shape index (κ2) is 9.89. The number of imidazole rings is 1. The van der Waals surface area contributed by atoms with Crippen molar-refractivity contribution in [1.82, 2.24) is 20.2 Å². The van der Waals surface area contributed by atoms with Crippen LogP contribution in [0.3, 0.4) is 0 Å². The Morgan fingerprint density at radius 3 is 2.73 bits per heavy atom. The molecule has 0 radical (unpaired) electrons. The summed E-state index contributed by atoms with van der Waals surface area (Å²) in [6.07, 6.45) is 5.75. The van der Waals surface area contributed by atoms with Crippen LogP contribution in [0.5, 0.6) is 0 Å². The highest BCUT2D eigenvalue weighted by Crippen LogP contribution is 2.15. The van der Waals surface area contributed by atoms with Gasteiger partial charge < -0.3 is 15.2 Å². The minimum absolute atomic E-state index is 0.184. The lowest BCUT2D eigenvalue weighted by Crippen LogP contribution is -2.38. The number of nitrogens with one attached hydrogen (secondary N) is 2. The quantitative estimate of drug-likeness (QED) is 0.428. The van der Waals surface area contributed by atoms with Gasteiger partial charge in [-0.25, -0.2) is 13.8 Å². The number of benzene rings is 1. The summed E-state index contributed by atoms with van der Waals surface area (Å²) >= 11 is 0. The second-order valence-corrected chi connectivity index (χ2v) is 6.18. The fourth-order valence-corrected chi connectivity index (χ4v) is 2.62. The number of halogens is 2. The van der Waals surface area contributed by atoms with Crippen LogP contribution < -0.4 is 10.6 Å². The fourth-order valence-electron chi connectivity index (χ4n) is 2.62. The van der Waals surface area contributed by atoms with Crippen molar-refractivity contribution < 1.29 is 8.78 Å². The van der Waals surface area contributed by atoms with E-state index in [9.17, 15) is 8.78 Å². The average molecular weight is 363 g/mol. The minimum Gasteiger partial charge on any atom is -0.357 e. The first kappa shape index (κ1) is 19.9. The van der Waals surface area contributed by atoms with Crippen LogP contribution in [0.15, 0.2) is 35.6 Å². The van der Waals surface area contributed by atoms with Gasteiger partial charge in [-0.15, -0.1) is 0 Å². The van der Waals surface area contributed by atoms with Gasteiger partial charge in [-0.1, -0.05) is 6.07 Å². The molecular formula is C19H27F2N5. The van der Waals surface area contributed by atoms with E-state index >= 15 is 0 Å². The maximum atomic E-state index is 13.4. The normalized spacial score (nSPS) is 12.9. The molecule has 0 spiro atoms. The molecule has 1 heterocycles. The Labute approximate surface area is 153 Å². The Hall–Kier alpha value is -2.44. The molecular weight excluding hydrogens is 336 g/mol. The van der Waals surface area contributed by atoms with Gasteiger partial charge in [-0.2, -0.15) is 0 Å². The van der Waals surface area contributed by atoms with Gasteiger partial charge >= 0.3 is 0 Å². The lowest BCUT2D eigenvalue weighted by atomic mass is 10.1. The van der Waals surface area contributed by atoms with Gasteiger partial charge in [0.1, 0.15) is 5.82 Å². The van der Waals surface area contributed by atoms with Crippen LogP contribution >= 0.6 is 0 Å². The lowest BCUT2D eigenvalue weighted by molar-refractivity contribution is 0.504. The van der Waals surface area contributed by atoms with E-state index in [1.54, 1.807) is 12.3 Å². The Morgan fingerprint density at radius 1 is 1.27 bits per heavy atom. The monoisotopic (exact) mass is 363 g/mol. The van der Waals surface area contributed by atoms with Crippen LogP contribution in [-0.2, 0) is 6.54 Å². The van der Waals surface area contributed by atoms with E-state index in [2.05, 4.69) is 25.2 Å². The molecule has 1 aromatic carbocycles. The molecule has 2 N–H and O–H groups in total. The highest BCUT2D eigenvalue weighted by Gasteiger charge is 2.10. The Bertz CT molecular complexity index is 726. The van der Waals surface area contributed by atoms with E-state index in [0.717, 1.165) is 37.8 Å². The summed E-state index contributed by atoms with van der Waals surface area (Å²) in [4.78, 5) is 8.77. The lowest BCUT2D eigenvalue weighted by Gasteiger charge is -2.18. The molecule has 1 unspecified atom stereocenters. The van der Waals surface area contributed by atoms with Crippen molar-refractivity contribution >= 4 is 5.96 Å². The number of aryl methyl sites for hydroxylation is 2. The first-order valence-corrected chi connectivity index (χ1v) is 8.98. The largest absolute Gasteiger partial charge is 0.357 e. The molecule has 2 rings (SSSR count). The van der Waals surface area contributed by atoms with Crippen molar-refractivity contribution in [2.24, 2.45) is 4.99 Å². The smallest absolute Gasteiger partial charge is 0.191 e. The molecule has 0 saturated heterocycles. The van der Waals surface area contributed by atoms with E-state index < -0.39 is 11.6 Å². The molecule has 1 atom stereocenters. The Morgan fingerprint density at radius 2 is 2.08 bits per heavy atom. The maximum absolute atomic E-state index is 13.4. The van der Waals surface area contributed by atoms with Crippen LogP contribution in [0.2, 0.25) is 0 Å². The zero-order chi connectivity index (χ0) is 18.9. The molecule has 0 amide bonds. The molecule has 26 heavy (non-hydrogen) atoms. The summed E-state index contributed by atoms with van der Waals surface area (Å²) in [7, 11) is 0. The molecule has 5 nitrogen and oxygen atoms in total. The summed E-state index contributed by atoms with van der Waals surface area (Å²) < 4.78 is 28.6. The van der Waals surface area contributed by atoms with Gasteiger partial charge in [0, 0.05) is 32.0 Å². The number of unbranched alkanes of at least 4 members (excludes halogenated alkanes) is 1. The first-order chi connectivity index (χ1) is 12.5. The predicted octanol–water partition coefficient (Wildman–Crippen LogP) is 3.57. The van der Waals surface area contributed by atoms with Crippen LogP contribution in [0.1, 0.15) is 44.1 Å². The number of aromatic nitrogens is 2. The highest BCUT2D eigenvalue weighted by molar-refractivity contribution is 5.80. The van der Waals surface area contributed by atoms with E-state index in [1.165, 1.54) is 6.07 Å². The summed E-state index contributed by atoms with van der Waals surface area (Å²) in [6.45, 7) is 8.21. The number of hydrogen-bond acceptors (Lipinski definition) is 2. The molecule has 0 fully saturated rings. The number of hydrogen-bond donors (Lipinski definition) is 2. The average Bonchev–Trinajstić information content (AvgIpc) is 3.02. The third-order valence-corrected chi connectivity index (χ3v) is 4.14. The first-order valence-electron chi connectivity index (χ1n) is 8.98. The van der Waals surface area contributed by atoms with Gasteiger partial charge in [-0.05, 0) is 51.3 Å². The van der Waals surface area contributed by atoms with Crippen molar-refractivity contribution in [3.8, 4) is 0 Å². The number of aliphatic imine (C=N–C) groups is 1. The molecule has 1 aromatic heterocycles. The standard InChI is InChI=1S/C19H27F2N5/c1-4-22-19(24-9-5-6-11-26-12-10-23-15(26)3)25-14(2)16-7-8-17(20)18(21)13-16/h7-8,10,12-14H,4-6,9,11H2,1-3H3,(H2,22,24,25). The molecule has 0 saturated carbocycles. The summed E-state index contributed by atoms with van der Waals surface area (Å²) in [5.74, 6) is 0.00921. The molecule has 0 aliphatic carbocycles. The van der Waals surface area contributed by atoms with Crippen LogP contribution in [0, 0.1) is 18.6 Å². The van der Waals surface area contributed by atoms with Gasteiger partial charge in [0.15, 0.2) is 17.6 Å². The van der Waals surface area contributed by atoms with Crippen molar-refractivity contribution in [3.05, 3.63) is 53.6 Å². The summed E-state index contributed by atoms with van der Waals surface area (Å²) in [6, 6.07) is 3.75. The summed E-state index contributed by atoms with van der Waals surface area (Å²) in [5, 5.41) is 6.41. The van der Waals surface area contributed by atoms with Gasteiger partial charge in [-0.3, -0.25) is 4.99 Å². The molecule has 0 bridgehead atoms. The van der Waals surface area contributed by atoms with Gasteiger partial charge in [0.2, 0.25) is 0 Å². The van der Waals surface area contributed by atoms with Gasteiger partial charge in [0.05, 0.1) is 6.04 Å². The third-order valence-electron chi connectivity index (χ3n) is 4.14. The maximum Gasteiger partial charge on any atom is 0.191 e. The van der Waals surface area contributed by atoms with Gasteiger partial charge in [0.25, 0.3) is 0 Å². The molecule has 7 heteroatoms. The van der Waals surface area contributed by atoms with Crippen molar-refractivity contribution in [2.45, 2.75) is 46.2 Å². The van der Waals surface area contributed by atoms with Crippen molar-refractivity contribution in [3.63, 3.8) is 0 Å². The Balaban J connectivity index is 1.85. The topological polar surface area (TPSA) is 54.2 Å². The Kier molecular flexibility index (Phi) is 7.56.